The number of hydrogen-bond donors (Lipinski definition) is 1. The second-order valence-corrected chi connectivity index (χ2v) is 13.2. The number of nitrogens with zero attached hydrogens (tertiary/aromatic N) is 1. The number of fused-ring (bicyclic) bond motifs is 1. The minimum Gasteiger partial charge on any atom is -0.496 e. The summed E-state index contributed by atoms with van der Waals surface area (Å²) >= 11 is 0. The van der Waals surface area contributed by atoms with Crippen molar-refractivity contribution in [1.82, 2.24) is 4.98 Å². The molecule has 1 saturated heterocycles. The van der Waals surface area contributed by atoms with Gasteiger partial charge < -0.3 is 14.0 Å². The fourth-order valence-corrected chi connectivity index (χ4v) is 4.90. The Morgan fingerprint density at radius 1 is 0.972 bits per heavy atom. The second kappa shape index (κ2) is 8.75. The van der Waals surface area contributed by atoms with Crippen molar-refractivity contribution in [1.29, 1.82) is 0 Å². The minimum absolute atomic E-state index is 0.201. The molecule has 2 heterocycles. The van der Waals surface area contributed by atoms with E-state index in [1.807, 2.05) is 46.0 Å². The van der Waals surface area contributed by atoms with E-state index < -0.39 is 28.3 Å². The number of sulfonamides is 1. The molecule has 3 aromatic rings. The molecule has 0 atom stereocenters. The van der Waals surface area contributed by atoms with Crippen molar-refractivity contribution in [3.05, 3.63) is 48.2 Å². The van der Waals surface area contributed by atoms with Gasteiger partial charge in [-0.3, -0.25) is 9.71 Å². The minimum atomic E-state index is -3.34. The Balaban J connectivity index is 1.89. The lowest BCUT2D eigenvalue weighted by Crippen LogP contribution is -2.41. The monoisotopic (exact) mass is 510 g/mol. The van der Waals surface area contributed by atoms with Crippen molar-refractivity contribution in [2.45, 2.75) is 65.1 Å². The van der Waals surface area contributed by atoms with Crippen LogP contribution in [0.15, 0.2) is 42.6 Å². The Hall–Kier alpha value is -2.62. The first-order chi connectivity index (χ1) is 16.5. The van der Waals surface area contributed by atoms with E-state index in [1.165, 1.54) is 0 Å². The molecule has 1 fully saturated rings. The first kappa shape index (κ1) is 26.4. The van der Waals surface area contributed by atoms with E-state index in [0.717, 1.165) is 45.1 Å². The Morgan fingerprint density at radius 3 is 2.06 bits per heavy atom. The number of rotatable bonds is 5. The number of hydrogen-bond acceptors (Lipinski definition) is 6. The SMILES string of the molecule is COc1c(C(C)(C)C)cc(B2OC(C)(C)C(C)(C)O2)c2ncc(-c3ccc(NS(C)(=O)=O)cc3)cc12. The van der Waals surface area contributed by atoms with Gasteiger partial charge in [0.15, 0.2) is 0 Å². The number of anilines is 1. The van der Waals surface area contributed by atoms with Gasteiger partial charge in [0.1, 0.15) is 5.75 Å². The van der Waals surface area contributed by atoms with E-state index in [4.69, 9.17) is 19.0 Å². The number of benzene rings is 2. The number of aromatic nitrogens is 1. The molecular weight excluding hydrogens is 475 g/mol. The average molecular weight is 510 g/mol. The summed E-state index contributed by atoms with van der Waals surface area (Å²) in [5.74, 6) is 0.766. The van der Waals surface area contributed by atoms with E-state index in [-0.39, 0.29) is 5.41 Å². The lowest BCUT2D eigenvalue weighted by atomic mass is 9.73. The Kier molecular flexibility index (Phi) is 6.43. The lowest BCUT2D eigenvalue weighted by Gasteiger charge is -2.32. The van der Waals surface area contributed by atoms with Crippen molar-refractivity contribution in [2.24, 2.45) is 0 Å². The highest BCUT2D eigenvalue weighted by Crippen LogP contribution is 2.41. The molecule has 0 aliphatic carbocycles. The molecule has 0 radical (unpaired) electrons. The molecule has 0 saturated carbocycles. The first-order valence-electron chi connectivity index (χ1n) is 12.0. The van der Waals surface area contributed by atoms with Crippen LogP contribution in [0.25, 0.3) is 22.0 Å². The summed E-state index contributed by atoms with van der Waals surface area (Å²) in [6, 6.07) is 11.4. The predicted octanol–water partition coefficient (Wildman–Crippen LogP) is 4.88. The highest BCUT2D eigenvalue weighted by Gasteiger charge is 2.52. The highest BCUT2D eigenvalue weighted by molar-refractivity contribution is 7.92. The number of pyridine rings is 1. The number of methoxy groups -OCH3 is 1. The van der Waals surface area contributed by atoms with Gasteiger partial charge in [-0.05, 0) is 62.4 Å². The van der Waals surface area contributed by atoms with Crippen LogP contribution in [0.1, 0.15) is 54.0 Å². The standard InChI is InChI=1S/C27H35BN2O5S/c1-25(2,3)21-15-22(28-34-26(4,5)27(6,7)35-28)23-20(24(21)33-8)14-18(16-29-23)17-10-12-19(13-11-17)30-36(9,31)32/h10-16,30H,1-9H3. The molecule has 192 valence electrons. The zero-order chi connectivity index (χ0) is 26.7. The van der Waals surface area contributed by atoms with Gasteiger partial charge in [0.25, 0.3) is 0 Å². The Bertz CT molecular complexity index is 1390. The van der Waals surface area contributed by atoms with E-state index >= 15 is 0 Å². The third kappa shape index (κ3) is 4.97. The average Bonchev–Trinajstić information content (AvgIpc) is 2.97. The molecule has 0 bridgehead atoms. The maximum Gasteiger partial charge on any atom is 0.497 e. The first-order valence-corrected chi connectivity index (χ1v) is 13.9. The van der Waals surface area contributed by atoms with Crippen molar-refractivity contribution in [3.8, 4) is 16.9 Å². The zero-order valence-electron chi connectivity index (χ0n) is 22.5. The topological polar surface area (TPSA) is 86.8 Å². The van der Waals surface area contributed by atoms with Crippen molar-refractivity contribution < 1.29 is 22.5 Å². The summed E-state index contributed by atoms with van der Waals surface area (Å²) in [4.78, 5) is 4.86. The fourth-order valence-electron chi connectivity index (χ4n) is 4.33. The van der Waals surface area contributed by atoms with Crippen molar-refractivity contribution in [3.63, 3.8) is 0 Å². The number of nitrogens with one attached hydrogen (secondary N) is 1. The Morgan fingerprint density at radius 2 is 1.56 bits per heavy atom. The van der Waals surface area contributed by atoms with Crippen molar-refractivity contribution >= 4 is 39.2 Å². The van der Waals surface area contributed by atoms with Gasteiger partial charge in [0.05, 0.1) is 30.1 Å². The molecule has 36 heavy (non-hydrogen) atoms. The third-order valence-corrected chi connectivity index (χ3v) is 7.60. The van der Waals surface area contributed by atoms with E-state index in [2.05, 4.69) is 37.6 Å². The van der Waals surface area contributed by atoms with Crippen LogP contribution >= 0.6 is 0 Å². The zero-order valence-corrected chi connectivity index (χ0v) is 23.3. The van der Waals surface area contributed by atoms with Gasteiger partial charge in [-0.1, -0.05) is 39.0 Å². The van der Waals surface area contributed by atoms with Gasteiger partial charge in [-0.25, -0.2) is 8.42 Å². The van der Waals surface area contributed by atoms with Crippen LogP contribution < -0.4 is 14.9 Å². The van der Waals surface area contributed by atoms with Gasteiger partial charge in [0.2, 0.25) is 10.0 Å². The van der Waals surface area contributed by atoms with Gasteiger partial charge in [-0.15, -0.1) is 0 Å². The van der Waals surface area contributed by atoms with Crippen LogP contribution in [0.5, 0.6) is 5.75 Å². The highest BCUT2D eigenvalue weighted by atomic mass is 32.2. The molecule has 1 aliphatic rings. The van der Waals surface area contributed by atoms with Gasteiger partial charge >= 0.3 is 7.12 Å². The van der Waals surface area contributed by atoms with Crippen LogP contribution in [0.2, 0.25) is 0 Å². The summed E-state index contributed by atoms with van der Waals surface area (Å²) in [7, 11) is -2.23. The summed E-state index contributed by atoms with van der Waals surface area (Å²) in [6.45, 7) is 14.6. The molecule has 4 rings (SSSR count). The molecular formula is C27H35BN2O5S. The lowest BCUT2D eigenvalue weighted by molar-refractivity contribution is 0.00578. The largest absolute Gasteiger partial charge is 0.497 e. The molecule has 7 nitrogen and oxygen atoms in total. The quantitative estimate of drug-likeness (QED) is 0.493. The fraction of sp³-hybridized carbons (Fsp3) is 0.444. The van der Waals surface area contributed by atoms with Crippen LogP contribution in [0, 0.1) is 0 Å². The molecule has 1 aliphatic heterocycles. The van der Waals surface area contributed by atoms with Crippen LogP contribution in [0.3, 0.4) is 0 Å². The van der Waals surface area contributed by atoms with E-state index in [1.54, 1.807) is 19.2 Å². The third-order valence-electron chi connectivity index (χ3n) is 6.99. The van der Waals surface area contributed by atoms with Crippen LogP contribution in [-0.2, 0) is 24.7 Å². The van der Waals surface area contributed by atoms with Crippen molar-refractivity contribution in [2.75, 3.05) is 18.1 Å². The smallest absolute Gasteiger partial charge is 0.496 e. The summed E-state index contributed by atoms with van der Waals surface area (Å²) in [5.41, 5.74) is 3.81. The Labute approximate surface area is 214 Å². The molecule has 0 amide bonds. The maximum absolute atomic E-state index is 11.6. The molecule has 0 spiro atoms. The second-order valence-electron chi connectivity index (χ2n) is 11.5. The molecule has 2 aromatic carbocycles. The molecule has 9 heteroatoms. The van der Waals surface area contributed by atoms with E-state index in [9.17, 15) is 8.42 Å². The normalized spacial score (nSPS) is 17.4. The number of ether oxygens (including phenoxy) is 1. The van der Waals surface area contributed by atoms with E-state index in [0.29, 0.717) is 5.69 Å². The summed E-state index contributed by atoms with van der Waals surface area (Å²) in [6.07, 6.45) is 2.94. The predicted molar refractivity (Wildman–Crippen MR) is 147 cm³/mol. The molecule has 1 N–H and O–H groups in total. The summed E-state index contributed by atoms with van der Waals surface area (Å²) < 4.78 is 44.4. The van der Waals surface area contributed by atoms with Crippen LogP contribution in [0.4, 0.5) is 5.69 Å². The summed E-state index contributed by atoms with van der Waals surface area (Å²) in [5, 5.41) is 0.866. The van der Waals surface area contributed by atoms with Gasteiger partial charge in [0, 0.05) is 28.3 Å². The van der Waals surface area contributed by atoms with Gasteiger partial charge in [-0.2, -0.15) is 0 Å². The van der Waals surface area contributed by atoms with Crippen LogP contribution in [-0.4, -0.2) is 45.1 Å². The maximum atomic E-state index is 11.6. The molecule has 0 unspecified atom stereocenters. The molecule has 1 aromatic heterocycles.